The zero-order chi connectivity index (χ0) is 43.0. The Bertz CT molecular complexity index is 1970. The Kier molecular flexibility index (Phi) is 13.8. The highest BCUT2D eigenvalue weighted by atomic mass is 32.2. The molecule has 1 fully saturated rings. The molecule has 2 N–H and O–H groups in total. The first kappa shape index (κ1) is 45.2. The Morgan fingerprint density at radius 2 is 0.776 bits per heavy atom. The van der Waals surface area contributed by atoms with E-state index in [-0.39, 0.29) is 33.1 Å². The van der Waals surface area contributed by atoms with Crippen LogP contribution in [0.25, 0.3) is 0 Å². The topological polar surface area (TPSA) is 58.9 Å². The number of hydrogen-bond acceptors (Lipinski definition) is 6. The summed E-state index contributed by atoms with van der Waals surface area (Å²) in [6, 6.07) is 5.91. The monoisotopic (exact) mass is 864 g/mol. The molecule has 0 radical (unpaired) electrons. The van der Waals surface area contributed by atoms with Crippen molar-refractivity contribution in [2.45, 2.75) is 113 Å². The fraction of sp³-hybridized carbons (Fsp3) is 0.429. The largest absolute Gasteiger partial charge is 0.504 e. The van der Waals surface area contributed by atoms with Crippen molar-refractivity contribution < 1.29 is 63.6 Å². The van der Waals surface area contributed by atoms with Crippen molar-refractivity contribution in [3.05, 3.63) is 105 Å². The lowest BCUT2D eigenvalue weighted by Gasteiger charge is -2.30. The molecule has 2 atom stereocenters. The van der Waals surface area contributed by atoms with Gasteiger partial charge in [0, 0.05) is 33.1 Å². The van der Waals surface area contributed by atoms with Crippen LogP contribution in [0.1, 0.15) is 102 Å². The van der Waals surface area contributed by atoms with Gasteiger partial charge in [-0.3, -0.25) is 0 Å². The summed E-state index contributed by atoms with van der Waals surface area (Å²) >= 11 is 2.95. The number of halogens is 10. The minimum atomic E-state index is -2.35. The second-order valence-electron chi connectivity index (χ2n) is 16.2. The number of rotatable bonds is 10. The summed E-state index contributed by atoms with van der Waals surface area (Å²) in [6.07, 6.45) is 5.12. The molecule has 1 unspecified atom stereocenters. The lowest BCUT2D eigenvalue weighted by molar-refractivity contribution is 0.323. The van der Waals surface area contributed by atoms with Gasteiger partial charge in [0.05, 0.1) is 0 Å². The molecule has 1 saturated carbocycles. The highest BCUT2D eigenvalue weighted by molar-refractivity contribution is 8.03. The van der Waals surface area contributed by atoms with Gasteiger partial charge in [0.25, 0.3) is 0 Å². The molecular weight excluding hydrogens is 823 g/mol. The number of thioether (sulfide) groups is 2. The molecule has 0 aliphatic heterocycles. The summed E-state index contributed by atoms with van der Waals surface area (Å²) in [5.74, 6) is -27.2. The van der Waals surface area contributed by atoms with Crippen LogP contribution in [0.15, 0.2) is 24.3 Å². The van der Waals surface area contributed by atoms with Gasteiger partial charge in [-0.1, -0.05) is 79.4 Å². The van der Waals surface area contributed by atoms with E-state index >= 15 is 0 Å². The van der Waals surface area contributed by atoms with Crippen molar-refractivity contribution in [1.82, 2.24) is 0 Å². The van der Waals surface area contributed by atoms with Crippen LogP contribution < -0.4 is 9.47 Å². The van der Waals surface area contributed by atoms with Crippen LogP contribution in [0, 0.1) is 58.2 Å². The molecule has 0 saturated heterocycles. The third kappa shape index (κ3) is 9.58. The van der Waals surface area contributed by atoms with Crippen LogP contribution in [0.3, 0.4) is 0 Å². The third-order valence-corrected chi connectivity index (χ3v) is 13.0. The molecule has 0 heterocycles. The quantitative estimate of drug-likeness (QED) is 0.0941. The van der Waals surface area contributed by atoms with Crippen molar-refractivity contribution in [3.63, 3.8) is 0 Å². The molecular formula is C42H42F10O4S2. The SMILES string of the molecule is CC(C)(C)c1cc(CSC2CCCCCC[C@@H]2SCc2cc(C(C)(C)C)cc(Oc3c(F)c(F)c(F)c(F)c3F)c2O)c(O)c(Oc2c(F)c(F)c(F)c(F)c2F)c1. The van der Waals surface area contributed by atoms with Crippen molar-refractivity contribution in [2.75, 3.05) is 0 Å². The van der Waals surface area contributed by atoms with Crippen molar-refractivity contribution in [3.8, 4) is 34.5 Å². The summed E-state index contributed by atoms with van der Waals surface area (Å²) in [7, 11) is 0. The predicted octanol–water partition coefficient (Wildman–Crippen LogP) is 13.9. The molecule has 0 spiro atoms. The van der Waals surface area contributed by atoms with Crippen LogP contribution in [0.4, 0.5) is 43.9 Å². The van der Waals surface area contributed by atoms with Gasteiger partial charge in [-0.05, 0) is 46.9 Å². The first-order chi connectivity index (χ1) is 27.0. The Hall–Kier alpha value is -3.92. The summed E-state index contributed by atoms with van der Waals surface area (Å²) < 4.78 is 153. The molecule has 0 bridgehead atoms. The van der Waals surface area contributed by atoms with Crippen LogP contribution in [0.5, 0.6) is 34.5 Å². The number of aromatic hydroxyl groups is 2. The Morgan fingerprint density at radius 1 is 0.483 bits per heavy atom. The number of ether oxygens (including phenoxy) is 2. The maximum absolute atomic E-state index is 14.6. The zero-order valence-electron chi connectivity index (χ0n) is 32.4. The van der Waals surface area contributed by atoms with E-state index in [1.807, 2.05) is 41.5 Å². The maximum Gasteiger partial charge on any atom is 0.207 e. The minimum absolute atomic E-state index is 0.0699. The Morgan fingerprint density at radius 3 is 1.07 bits per heavy atom. The first-order valence-corrected chi connectivity index (χ1v) is 20.5. The first-order valence-electron chi connectivity index (χ1n) is 18.4. The van der Waals surface area contributed by atoms with Crippen LogP contribution in [-0.4, -0.2) is 20.7 Å². The highest BCUT2D eigenvalue weighted by Crippen LogP contribution is 2.46. The summed E-state index contributed by atoms with van der Waals surface area (Å²) in [5, 5.41) is 22.5. The van der Waals surface area contributed by atoms with Gasteiger partial charge in [-0.15, -0.1) is 0 Å². The lowest BCUT2D eigenvalue weighted by atomic mass is 9.86. The van der Waals surface area contributed by atoms with Gasteiger partial charge < -0.3 is 19.7 Å². The number of benzene rings is 4. The van der Waals surface area contributed by atoms with E-state index in [1.54, 1.807) is 12.1 Å². The molecule has 316 valence electrons. The molecule has 0 aromatic heterocycles. The van der Waals surface area contributed by atoms with Crippen LogP contribution in [0.2, 0.25) is 0 Å². The van der Waals surface area contributed by atoms with Crippen LogP contribution >= 0.6 is 23.5 Å². The smallest absolute Gasteiger partial charge is 0.207 e. The molecule has 4 nitrogen and oxygen atoms in total. The molecule has 1 aliphatic rings. The standard InChI is InChI=1S/C42H42F10O4S2/c1-41(2,3)21-13-19(37(53)23(15-21)55-39-33(49)29(45)27(43)30(46)34(39)50)17-57-25-11-9-7-8-10-12-26(25)58-18-20-14-22(42(4,5)6)16-24(38(20)54)56-40-35(51)31(47)28(44)32(48)36(40)52/h13-16,25-26,53-54H,7-12,17-18H2,1-6H3/t25-,26?/m0/s1. The Labute approximate surface area is 338 Å². The average Bonchev–Trinajstić information content (AvgIpc) is 3.15. The fourth-order valence-electron chi connectivity index (χ4n) is 6.33. The maximum atomic E-state index is 14.6. The van der Waals surface area contributed by atoms with Gasteiger partial charge >= 0.3 is 0 Å². The predicted molar refractivity (Wildman–Crippen MR) is 204 cm³/mol. The van der Waals surface area contributed by atoms with Crippen molar-refractivity contribution in [1.29, 1.82) is 0 Å². The van der Waals surface area contributed by atoms with Crippen molar-refractivity contribution >= 4 is 23.5 Å². The van der Waals surface area contributed by atoms with Crippen molar-refractivity contribution in [2.24, 2.45) is 0 Å². The van der Waals surface area contributed by atoms with E-state index in [1.165, 1.54) is 35.7 Å². The molecule has 0 amide bonds. The normalized spacial score (nSPS) is 16.6. The van der Waals surface area contributed by atoms with Gasteiger partial charge in [-0.2, -0.15) is 41.1 Å². The van der Waals surface area contributed by atoms with Gasteiger partial charge in [0.1, 0.15) is 0 Å². The third-order valence-electron chi connectivity index (χ3n) is 9.85. The number of hydrogen-bond donors (Lipinski definition) is 2. The van der Waals surface area contributed by atoms with E-state index in [0.29, 0.717) is 11.1 Å². The summed E-state index contributed by atoms with van der Waals surface area (Å²) in [4.78, 5) is 0. The molecule has 16 heteroatoms. The van der Waals surface area contributed by atoms with Crippen LogP contribution in [-0.2, 0) is 22.3 Å². The molecule has 5 rings (SSSR count). The summed E-state index contributed by atoms with van der Waals surface area (Å²) in [5.41, 5.74) is 0.439. The van der Waals surface area contributed by atoms with Gasteiger partial charge in [-0.25, -0.2) is 26.3 Å². The summed E-state index contributed by atoms with van der Waals surface area (Å²) in [6.45, 7) is 10.9. The molecule has 4 aromatic rings. The van der Waals surface area contributed by atoms with E-state index in [9.17, 15) is 54.1 Å². The fourth-order valence-corrected chi connectivity index (χ4v) is 9.40. The average molecular weight is 865 g/mol. The number of phenolic OH excluding ortho intramolecular Hbond substituents is 2. The van der Waals surface area contributed by atoms with E-state index in [4.69, 9.17) is 9.47 Å². The Balaban J connectivity index is 1.45. The van der Waals surface area contributed by atoms with Gasteiger partial charge in [0.15, 0.2) is 23.0 Å². The van der Waals surface area contributed by atoms with E-state index < -0.39 is 103 Å². The second kappa shape index (κ2) is 17.7. The van der Waals surface area contributed by atoms with E-state index in [2.05, 4.69) is 0 Å². The minimum Gasteiger partial charge on any atom is -0.504 e. The lowest BCUT2D eigenvalue weighted by Crippen LogP contribution is -2.22. The molecule has 4 aromatic carbocycles. The van der Waals surface area contributed by atoms with E-state index in [0.717, 1.165) is 38.5 Å². The molecule has 58 heavy (non-hydrogen) atoms. The number of phenols is 2. The molecule has 1 aliphatic carbocycles. The highest BCUT2D eigenvalue weighted by Gasteiger charge is 2.32. The van der Waals surface area contributed by atoms with Gasteiger partial charge in [0.2, 0.25) is 69.7 Å². The zero-order valence-corrected chi connectivity index (χ0v) is 34.1. The second-order valence-corrected chi connectivity index (χ2v) is 18.6.